The molecule has 21 heavy (non-hydrogen) atoms. The van der Waals surface area contributed by atoms with Crippen molar-refractivity contribution in [2.24, 2.45) is 10.7 Å². The maximum atomic E-state index is 6.24. The molecule has 2 aliphatic heterocycles. The molecule has 0 aromatic heterocycles. The van der Waals surface area contributed by atoms with E-state index in [1.807, 2.05) is 0 Å². The second-order valence-corrected chi connectivity index (χ2v) is 6.13. The zero-order valence-electron chi connectivity index (χ0n) is 12.8. The average molecular weight is 283 g/mol. The summed E-state index contributed by atoms with van der Waals surface area (Å²) in [6.45, 7) is 2.05. The van der Waals surface area contributed by atoms with Crippen LogP contribution >= 0.6 is 0 Å². The van der Waals surface area contributed by atoms with Crippen LogP contribution in [0.25, 0.3) is 0 Å². The number of rotatable bonds is 4. The largest absolute Gasteiger partial charge is 0.370 e. The fourth-order valence-corrected chi connectivity index (χ4v) is 3.74. The van der Waals surface area contributed by atoms with Gasteiger partial charge in [0.15, 0.2) is 5.96 Å². The zero-order chi connectivity index (χ0) is 14.7. The number of fused-ring (bicyclic) bond motifs is 1. The first-order valence-corrected chi connectivity index (χ1v) is 8.06. The highest BCUT2D eigenvalue weighted by Crippen LogP contribution is 2.33. The molecule has 0 amide bonds. The van der Waals surface area contributed by atoms with Gasteiger partial charge in [0.2, 0.25) is 0 Å². The molecule has 0 aliphatic carbocycles. The van der Waals surface area contributed by atoms with Crippen LogP contribution < -0.4 is 5.73 Å². The molecule has 2 aliphatic rings. The Morgan fingerprint density at radius 1 is 1.29 bits per heavy atom. The number of hydrogen-bond acceptors (Lipinski definition) is 3. The van der Waals surface area contributed by atoms with Gasteiger partial charge in [0.1, 0.15) is 0 Å². The number of aryl methyl sites for hydroxylation is 1. The fourth-order valence-electron chi connectivity index (χ4n) is 3.74. The van der Waals surface area contributed by atoms with Crippen LogP contribution in [-0.2, 0) is 6.42 Å². The lowest BCUT2D eigenvalue weighted by molar-refractivity contribution is 0.264. The maximum absolute atomic E-state index is 6.24. The van der Waals surface area contributed by atoms with Crippen LogP contribution in [0.1, 0.15) is 38.2 Å². The van der Waals surface area contributed by atoms with Gasteiger partial charge in [-0.2, -0.15) is 0 Å². The molecular formula is C18H25N3. The molecule has 112 valence electrons. The van der Waals surface area contributed by atoms with Crippen LogP contribution in [0.5, 0.6) is 0 Å². The number of allylic oxidation sites excluding steroid dienone is 1. The van der Waals surface area contributed by atoms with Crippen LogP contribution in [0.15, 0.2) is 47.5 Å². The van der Waals surface area contributed by atoms with E-state index in [-0.39, 0.29) is 6.04 Å². The molecule has 1 aromatic carbocycles. The number of benzene rings is 1. The second kappa shape index (κ2) is 6.33. The molecule has 2 N–H and O–H groups in total. The first kappa shape index (κ1) is 14.2. The van der Waals surface area contributed by atoms with Crippen LogP contribution in [-0.4, -0.2) is 29.0 Å². The van der Waals surface area contributed by atoms with Crippen LogP contribution in [0.2, 0.25) is 0 Å². The van der Waals surface area contributed by atoms with Gasteiger partial charge in [-0.1, -0.05) is 42.5 Å². The summed E-state index contributed by atoms with van der Waals surface area (Å²) in [4.78, 5) is 7.05. The first-order chi connectivity index (χ1) is 10.3. The molecule has 3 atom stereocenters. The van der Waals surface area contributed by atoms with Gasteiger partial charge in [-0.05, 0) is 44.6 Å². The second-order valence-electron chi connectivity index (χ2n) is 6.13. The molecule has 0 saturated carbocycles. The molecule has 0 spiro atoms. The smallest absolute Gasteiger partial charge is 0.192 e. The molecule has 3 heteroatoms. The van der Waals surface area contributed by atoms with E-state index in [0.717, 1.165) is 18.8 Å². The molecule has 3 rings (SSSR count). The van der Waals surface area contributed by atoms with E-state index in [2.05, 4.69) is 59.3 Å². The van der Waals surface area contributed by atoms with E-state index >= 15 is 0 Å². The summed E-state index contributed by atoms with van der Waals surface area (Å²) in [5.41, 5.74) is 7.66. The van der Waals surface area contributed by atoms with Crippen molar-refractivity contribution in [3.05, 3.63) is 48.0 Å². The van der Waals surface area contributed by atoms with E-state index in [1.54, 1.807) is 0 Å². The lowest BCUT2D eigenvalue weighted by Gasteiger charge is -2.36. The predicted octanol–water partition coefficient (Wildman–Crippen LogP) is 3.12. The van der Waals surface area contributed by atoms with E-state index in [9.17, 15) is 0 Å². The third kappa shape index (κ3) is 3.12. The summed E-state index contributed by atoms with van der Waals surface area (Å²) in [7, 11) is 0. The Bertz CT molecular complexity index is 521. The molecule has 1 fully saturated rings. The van der Waals surface area contributed by atoms with Gasteiger partial charge in [-0.15, -0.1) is 0 Å². The predicted molar refractivity (Wildman–Crippen MR) is 88.3 cm³/mol. The standard InChI is InChI=1S/C18H25N3/c1-2-6-15-13-17-12-11-16(21(17)18(19)20-15)10-9-14-7-4-3-5-8-14/h2-8,15-17H,9-13H2,1H3,(H2,19,20)/b6-2+/t15-,16-,17+/m0/s1. The van der Waals surface area contributed by atoms with Gasteiger partial charge >= 0.3 is 0 Å². The Morgan fingerprint density at radius 2 is 2.10 bits per heavy atom. The average Bonchev–Trinajstić information content (AvgIpc) is 2.90. The highest BCUT2D eigenvalue weighted by atomic mass is 15.3. The summed E-state index contributed by atoms with van der Waals surface area (Å²) in [5.74, 6) is 0.755. The fraction of sp³-hybridized carbons (Fsp3) is 0.500. The Kier molecular flexibility index (Phi) is 4.28. The minimum absolute atomic E-state index is 0.282. The third-order valence-electron chi connectivity index (χ3n) is 4.72. The molecule has 2 heterocycles. The maximum Gasteiger partial charge on any atom is 0.192 e. The SMILES string of the molecule is C/C=C/[C@H]1C[C@H]2CC[C@H](CCc3ccccc3)N2C(N)=N1. The van der Waals surface area contributed by atoms with Crippen LogP contribution in [0.3, 0.4) is 0 Å². The van der Waals surface area contributed by atoms with Crippen LogP contribution in [0.4, 0.5) is 0 Å². The minimum Gasteiger partial charge on any atom is -0.370 e. The van der Waals surface area contributed by atoms with E-state index < -0.39 is 0 Å². The zero-order valence-corrected chi connectivity index (χ0v) is 12.8. The number of hydrogen-bond donors (Lipinski definition) is 1. The first-order valence-electron chi connectivity index (χ1n) is 8.06. The normalized spacial score (nSPS) is 28.7. The van der Waals surface area contributed by atoms with Crippen molar-refractivity contribution in [2.75, 3.05) is 0 Å². The minimum atomic E-state index is 0.282. The van der Waals surface area contributed by atoms with Crippen molar-refractivity contribution in [1.29, 1.82) is 0 Å². The van der Waals surface area contributed by atoms with Crippen molar-refractivity contribution in [1.82, 2.24) is 4.90 Å². The highest BCUT2D eigenvalue weighted by molar-refractivity contribution is 5.80. The van der Waals surface area contributed by atoms with Crippen molar-refractivity contribution < 1.29 is 0 Å². The Morgan fingerprint density at radius 3 is 2.86 bits per heavy atom. The monoisotopic (exact) mass is 283 g/mol. The van der Waals surface area contributed by atoms with Gasteiger partial charge in [0.05, 0.1) is 6.04 Å². The van der Waals surface area contributed by atoms with Crippen molar-refractivity contribution in [2.45, 2.75) is 57.2 Å². The van der Waals surface area contributed by atoms with E-state index in [1.165, 1.54) is 24.8 Å². The summed E-state index contributed by atoms with van der Waals surface area (Å²) in [6.07, 6.45) is 10.2. The van der Waals surface area contributed by atoms with Crippen LogP contribution in [0, 0.1) is 0 Å². The summed E-state index contributed by atoms with van der Waals surface area (Å²) in [6, 6.07) is 12.2. The van der Waals surface area contributed by atoms with Crippen molar-refractivity contribution in [3.8, 4) is 0 Å². The van der Waals surface area contributed by atoms with E-state index in [0.29, 0.717) is 12.1 Å². The van der Waals surface area contributed by atoms with Gasteiger partial charge in [-0.25, -0.2) is 4.99 Å². The Labute approximate surface area is 127 Å². The molecule has 0 unspecified atom stereocenters. The van der Waals surface area contributed by atoms with Gasteiger partial charge in [0.25, 0.3) is 0 Å². The molecule has 1 saturated heterocycles. The Balaban J connectivity index is 1.65. The number of aliphatic imine (C=N–C) groups is 1. The summed E-state index contributed by atoms with van der Waals surface area (Å²) < 4.78 is 0. The number of nitrogens with two attached hydrogens (primary N) is 1. The molecule has 0 bridgehead atoms. The van der Waals surface area contributed by atoms with Gasteiger partial charge in [0, 0.05) is 12.1 Å². The number of guanidine groups is 1. The van der Waals surface area contributed by atoms with Gasteiger partial charge < -0.3 is 10.6 Å². The highest BCUT2D eigenvalue weighted by Gasteiger charge is 2.38. The quantitative estimate of drug-likeness (QED) is 0.863. The number of nitrogens with zero attached hydrogens (tertiary/aromatic N) is 2. The van der Waals surface area contributed by atoms with Crippen molar-refractivity contribution >= 4 is 5.96 Å². The molecule has 1 aromatic rings. The van der Waals surface area contributed by atoms with E-state index in [4.69, 9.17) is 5.73 Å². The lowest BCUT2D eigenvalue weighted by atomic mass is 10.0. The summed E-state index contributed by atoms with van der Waals surface area (Å²) >= 11 is 0. The molecular weight excluding hydrogens is 258 g/mol. The third-order valence-corrected chi connectivity index (χ3v) is 4.72. The lowest BCUT2D eigenvalue weighted by Crippen LogP contribution is -2.50. The Hall–Kier alpha value is -1.77. The topological polar surface area (TPSA) is 41.6 Å². The summed E-state index contributed by atoms with van der Waals surface area (Å²) in [5, 5.41) is 0. The molecule has 3 nitrogen and oxygen atoms in total. The molecule has 0 radical (unpaired) electrons. The van der Waals surface area contributed by atoms with Crippen molar-refractivity contribution in [3.63, 3.8) is 0 Å². The van der Waals surface area contributed by atoms with Gasteiger partial charge in [-0.3, -0.25) is 0 Å².